The molecule has 1 N–H and O–H groups in total. The van der Waals surface area contributed by atoms with E-state index in [1.165, 1.54) is 0 Å². The van der Waals surface area contributed by atoms with Crippen molar-refractivity contribution in [2.75, 3.05) is 5.32 Å². The van der Waals surface area contributed by atoms with Gasteiger partial charge in [0.25, 0.3) is 0 Å². The molecule has 0 aliphatic heterocycles. The SMILES string of the molecule is Cc1ccc(C)c(NC(=O)C23CCC(C)(/C(=N\OC(=O)c4ccccc4Cl)C2)C3(C)C)c1. The molecule has 2 aliphatic rings. The number of carbonyl (C=O) groups is 2. The quantitative estimate of drug-likeness (QED) is 0.435. The number of hydrogen-bond acceptors (Lipinski definition) is 4. The highest BCUT2D eigenvalue weighted by atomic mass is 35.5. The second-order valence-corrected chi connectivity index (χ2v) is 10.3. The Hall–Kier alpha value is -2.66. The van der Waals surface area contributed by atoms with Gasteiger partial charge in [-0.2, -0.15) is 0 Å². The van der Waals surface area contributed by atoms with Gasteiger partial charge in [0.05, 0.1) is 21.7 Å². The lowest BCUT2D eigenvalue weighted by Gasteiger charge is -2.39. The molecule has 6 heteroatoms. The summed E-state index contributed by atoms with van der Waals surface area (Å²) >= 11 is 6.11. The van der Waals surface area contributed by atoms with E-state index in [1.807, 2.05) is 32.0 Å². The van der Waals surface area contributed by atoms with Gasteiger partial charge < -0.3 is 10.2 Å². The topological polar surface area (TPSA) is 67.8 Å². The fourth-order valence-corrected chi connectivity index (χ4v) is 5.62. The molecule has 0 heterocycles. The van der Waals surface area contributed by atoms with Gasteiger partial charge in [-0.1, -0.05) is 61.8 Å². The Morgan fingerprint density at radius 3 is 2.50 bits per heavy atom. The molecular weight excluding hydrogens is 424 g/mol. The van der Waals surface area contributed by atoms with Crippen LogP contribution in [0.2, 0.25) is 5.02 Å². The number of nitrogens with one attached hydrogen (secondary N) is 1. The molecule has 2 saturated carbocycles. The predicted octanol–water partition coefficient (Wildman–Crippen LogP) is 6.32. The average Bonchev–Trinajstić information content (AvgIpc) is 3.05. The van der Waals surface area contributed by atoms with Crippen LogP contribution in [0.15, 0.2) is 47.6 Å². The van der Waals surface area contributed by atoms with Crippen molar-refractivity contribution in [3.8, 4) is 0 Å². The molecule has 2 aromatic carbocycles. The Balaban J connectivity index is 1.62. The van der Waals surface area contributed by atoms with E-state index in [4.69, 9.17) is 16.4 Å². The van der Waals surface area contributed by atoms with Crippen LogP contribution >= 0.6 is 11.6 Å². The highest BCUT2D eigenvalue weighted by Gasteiger charge is 2.71. The number of carbonyl (C=O) groups excluding carboxylic acids is 2. The average molecular weight is 453 g/mol. The summed E-state index contributed by atoms with van der Waals surface area (Å²) in [5.41, 5.74) is 2.68. The number of aryl methyl sites for hydroxylation is 2. The smallest absolute Gasteiger partial charge is 0.325 e. The van der Waals surface area contributed by atoms with Crippen LogP contribution in [0.4, 0.5) is 5.69 Å². The first-order valence-electron chi connectivity index (χ1n) is 10.9. The van der Waals surface area contributed by atoms with Gasteiger partial charge in [-0.15, -0.1) is 0 Å². The van der Waals surface area contributed by atoms with Crippen molar-refractivity contribution in [1.82, 2.24) is 0 Å². The fourth-order valence-electron chi connectivity index (χ4n) is 5.41. The van der Waals surface area contributed by atoms with Crippen molar-refractivity contribution >= 4 is 34.9 Å². The van der Waals surface area contributed by atoms with Gasteiger partial charge in [-0.25, -0.2) is 4.79 Å². The minimum Gasteiger partial charge on any atom is -0.325 e. The van der Waals surface area contributed by atoms with Gasteiger partial charge in [0.15, 0.2) is 0 Å². The summed E-state index contributed by atoms with van der Waals surface area (Å²) in [6, 6.07) is 12.8. The van der Waals surface area contributed by atoms with Gasteiger partial charge in [-0.05, 0) is 61.4 Å². The third-order valence-corrected chi connectivity index (χ3v) is 8.47. The van der Waals surface area contributed by atoms with Gasteiger partial charge in [-0.3, -0.25) is 4.79 Å². The first kappa shape index (κ1) is 22.5. The molecule has 2 aliphatic carbocycles. The van der Waals surface area contributed by atoms with E-state index in [2.05, 4.69) is 31.2 Å². The summed E-state index contributed by atoms with van der Waals surface area (Å²) in [6.07, 6.45) is 2.04. The van der Waals surface area contributed by atoms with Crippen molar-refractivity contribution in [2.45, 2.75) is 53.9 Å². The highest BCUT2D eigenvalue weighted by molar-refractivity contribution is 6.33. The van der Waals surface area contributed by atoms with E-state index in [1.54, 1.807) is 24.3 Å². The maximum Gasteiger partial charge on any atom is 0.367 e. The van der Waals surface area contributed by atoms with E-state index in [9.17, 15) is 9.59 Å². The first-order valence-corrected chi connectivity index (χ1v) is 11.3. The Morgan fingerprint density at radius 1 is 1.06 bits per heavy atom. The lowest BCUT2D eigenvalue weighted by atomic mass is 9.64. The van der Waals surface area contributed by atoms with Crippen molar-refractivity contribution < 1.29 is 14.4 Å². The number of halogens is 1. The number of anilines is 1. The van der Waals surface area contributed by atoms with Crippen LogP contribution in [0.5, 0.6) is 0 Å². The molecule has 0 aromatic heterocycles. The summed E-state index contributed by atoms with van der Waals surface area (Å²) in [7, 11) is 0. The van der Waals surface area contributed by atoms with E-state index in [0.717, 1.165) is 35.4 Å². The largest absolute Gasteiger partial charge is 0.367 e. The standard InChI is InChI=1S/C26H29ClN2O3/c1-16-10-11-17(2)20(14-16)28-23(31)26-13-12-25(5,24(26,3)4)21(15-26)29-32-22(30)18-8-6-7-9-19(18)27/h6-11,14H,12-13,15H2,1-5H3,(H,28,31)/b29-21-. The molecule has 2 unspecified atom stereocenters. The Labute approximate surface area is 194 Å². The number of amides is 1. The summed E-state index contributed by atoms with van der Waals surface area (Å²) in [6.45, 7) is 10.4. The molecule has 4 rings (SSSR count). The number of oxime groups is 1. The molecule has 0 spiro atoms. The second kappa shape index (κ2) is 7.73. The lowest BCUT2D eigenvalue weighted by molar-refractivity contribution is -0.130. The van der Waals surface area contributed by atoms with Crippen molar-refractivity contribution in [3.05, 3.63) is 64.2 Å². The summed E-state index contributed by atoms with van der Waals surface area (Å²) < 4.78 is 0. The summed E-state index contributed by atoms with van der Waals surface area (Å²) in [5, 5.41) is 7.79. The van der Waals surface area contributed by atoms with E-state index < -0.39 is 11.4 Å². The van der Waals surface area contributed by atoms with E-state index in [0.29, 0.717) is 11.4 Å². The maximum atomic E-state index is 13.7. The van der Waals surface area contributed by atoms with Gasteiger partial charge in [0.2, 0.25) is 5.91 Å². The molecule has 32 heavy (non-hydrogen) atoms. The van der Waals surface area contributed by atoms with E-state index >= 15 is 0 Å². The molecule has 5 nitrogen and oxygen atoms in total. The highest BCUT2D eigenvalue weighted by Crippen LogP contribution is 2.71. The molecule has 0 saturated heterocycles. The van der Waals surface area contributed by atoms with Crippen LogP contribution < -0.4 is 5.32 Å². The lowest BCUT2D eigenvalue weighted by Crippen LogP contribution is -2.43. The molecule has 2 atom stereocenters. The van der Waals surface area contributed by atoms with E-state index in [-0.39, 0.29) is 22.3 Å². The monoisotopic (exact) mass is 452 g/mol. The van der Waals surface area contributed by atoms with Crippen LogP contribution in [-0.2, 0) is 9.63 Å². The Morgan fingerprint density at radius 2 is 1.78 bits per heavy atom. The predicted molar refractivity (Wildman–Crippen MR) is 127 cm³/mol. The van der Waals surface area contributed by atoms with Crippen molar-refractivity contribution in [2.24, 2.45) is 21.4 Å². The Kier molecular flexibility index (Phi) is 5.44. The Bertz CT molecular complexity index is 1140. The number of benzene rings is 2. The second-order valence-electron chi connectivity index (χ2n) is 9.89. The normalized spacial score (nSPS) is 26.9. The first-order chi connectivity index (χ1) is 15.0. The zero-order valence-corrected chi connectivity index (χ0v) is 20.0. The third kappa shape index (κ3) is 3.25. The number of fused-ring (bicyclic) bond motifs is 2. The number of hydrogen-bond donors (Lipinski definition) is 1. The maximum absolute atomic E-state index is 13.7. The molecular formula is C26H29ClN2O3. The minimum absolute atomic E-state index is 0.00237. The van der Waals surface area contributed by atoms with Crippen LogP contribution in [0, 0.1) is 30.1 Å². The summed E-state index contributed by atoms with van der Waals surface area (Å²) in [5.74, 6) is -0.594. The van der Waals surface area contributed by atoms with Crippen LogP contribution in [-0.4, -0.2) is 17.6 Å². The molecule has 168 valence electrons. The zero-order chi connectivity index (χ0) is 23.3. The minimum atomic E-state index is -0.617. The zero-order valence-electron chi connectivity index (χ0n) is 19.2. The molecule has 2 fully saturated rings. The van der Waals surface area contributed by atoms with Crippen LogP contribution in [0.1, 0.15) is 61.5 Å². The van der Waals surface area contributed by atoms with Crippen LogP contribution in [0.3, 0.4) is 0 Å². The van der Waals surface area contributed by atoms with Gasteiger partial charge >= 0.3 is 5.97 Å². The van der Waals surface area contributed by atoms with Gasteiger partial charge in [0, 0.05) is 17.5 Å². The molecule has 2 bridgehead atoms. The van der Waals surface area contributed by atoms with Crippen molar-refractivity contribution in [3.63, 3.8) is 0 Å². The van der Waals surface area contributed by atoms with Crippen LogP contribution in [0.25, 0.3) is 0 Å². The molecule has 1 amide bonds. The number of nitrogens with zero attached hydrogens (tertiary/aromatic N) is 1. The molecule has 0 radical (unpaired) electrons. The molecule has 2 aromatic rings. The van der Waals surface area contributed by atoms with Crippen molar-refractivity contribution in [1.29, 1.82) is 0 Å². The number of rotatable bonds is 4. The summed E-state index contributed by atoms with van der Waals surface area (Å²) in [4.78, 5) is 31.5. The third-order valence-electron chi connectivity index (χ3n) is 8.14. The fraction of sp³-hybridized carbons (Fsp3) is 0.423. The van der Waals surface area contributed by atoms with Gasteiger partial charge in [0.1, 0.15) is 0 Å².